The van der Waals surface area contributed by atoms with Crippen LogP contribution in [0, 0.1) is 0 Å². The predicted molar refractivity (Wildman–Crippen MR) is 133 cm³/mol. The van der Waals surface area contributed by atoms with E-state index < -0.39 is 0 Å². The third kappa shape index (κ3) is 7.63. The van der Waals surface area contributed by atoms with Crippen molar-refractivity contribution in [1.82, 2.24) is 10.2 Å². The van der Waals surface area contributed by atoms with Crippen molar-refractivity contribution in [3.63, 3.8) is 0 Å². The van der Waals surface area contributed by atoms with E-state index in [0.29, 0.717) is 25.4 Å². The lowest BCUT2D eigenvalue weighted by Gasteiger charge is -2.22. The largest absolute Gasteiger partial charge is 0.492 e. The van der Waals surface area contributed by atoms with Crippen molar-refractivity contribution in [2.45, 2.75) is 6.54 Å². The highest BCUT2D eigenvalue weighted by atomic mass is 127. The van der Waals surface area contributed by atoms with E-state index in [4.69, 9.17) is 9.15 Å². The fraction of sp³-hybridized carbons (Fsp3) is 0.217. The van der Waals surface area contributed by atoms with Gasteiger partial charge in [0.1, 0.15) is 12.4 Å². The minimum Gasteiger partial charge on any atom is -0.492 e. The lowest BCUT2D eigenvalue weighted by Crippen LogP contribution is -2.40. The van der Waals surface area contributed by atoms with Crippen LogP contribution in [0.1, 0.15) is 16.1 Å². The average molecular weight is 534 g/mol. The summed E-state index contributed by atoms with van der Waals surface area (Å²) in [6.07, 6.45) is 1.47. The summed E-state index contributed by atoms with van der Waals surface area (Å²) in [4.78, 5) is 18.5. The molecule has 0 spiro atoms. The number of hydrogen-bond donors (Lipinski definition) is 2. The zero-order chi connectivity index (χ0) is 21.2. The summed E-state index contributed by atoms with van der Waals surface area (Å²) in [7, 11) is 3.71. The first-order valence-corrected chi connectivity index (χ1v) is 9.69. The molecule has 2 N–H and O–H groups in total. The van der Waals surface area contributed by atoms with Crippen molar-refractivity contribution >= 4 is 41.5 Å². The normalized spacial score (nSPS) is 10.7. The molecule has 0 atom stereocenters. The zero-order valence-corrected chi connectivity index (χ0v) is 19.9. The highest BCUT2D eigenvalue weighted by Gasteiger charge is 2.10. The number of hydrogen-bond acceptors (Lipinski definition) is 4. The lowest BCUT2D eigenvalue weighted by atomic mass is 10.2. The number of para-hydroxylation sites is 1. The second kappa shape index (κ2) is 12.6. The summed E-state index contributed by atoms with van der Waals surface area (Å²) < 4.78 is 10.9. The van der Waals surface area contributed by atoms with Gasteiger partial charge in [-0.05, 0) is 42.0 Å². The standard InChI is InChI=1S/C23H26N4O3.HI/c1-24-23(27(2)13-15-29-20-10-4-3-5-11-20)25-17-18-8-6-9-19(16-18)26-22(28)21-12-7-14-30-21;/h3-12,14,16H,13,15,17H2,1-2H3,(H,24,25)(H,26,28);1H. The molecule has 0 saturated heterocycles. The van der Waals surface area contributed by atoms with Crippen molar-refractivity contribution in [1.29, 1.82) is 0 Å². The number of carbonyl (C=O) groups is 1. The van der Waals surface area contributed by atoms with Crippen LogP contribution in [0.3, 0.4) is 0 Å². The summed E-state index contributed by atoms with van der Waals surface area (Å²) in [6, 6.07) is 20.7. The van der Waals surface area contributed by atoms with Crippen molar-refractivity contribution < 1.29 is 13.9 Å². The maximum atomic E-state index is 12.1. The van der Waals surface area contributed by atoms with Gasteiger partial charge in [0.2, 0.25) is 0 Å². The van der Waals surface area contributed by atoms with Crippen LogP contribution in [0.4, 0.5) is 5.69 Å². The van der Waals surface area contributed by atoms with Crippen LogP contribution in [0.25, 0.3) is 0 Å². The number of carbonyl (C=O) groups excluding carboxylic acids is 1. The molecule has 0 fully saturated rings. The fourth-order valence-electron chi connectivity index (χ4n) is 2.85. The van der Waals surface area contributed by atoms with Gasteiger partial charge < -0.3 is 24.7 Å². The Morgan fingerprint density at radius 1 is 1.10 bits per heavy atom. The van der Waals surface area contributed by atoms with Gasteiger partial charge >= 0.3 is 0 Å². The first kappa shape index (κ1) is 24.3. The number of guanidine groups is 1. The van der Waals surface area contributed by atoms with Gasteiger partial charge in [0.05, 0.1) is 12.8 Å². The van der Waals surface area contributed by atoms with E-state index in [1.165, 1.54) is 6.26 Å². The predicted octanol–water partition coefficient (Wildman–Crippen LogP) is 4.24. The van der Waals surface area contributed by atoms with Crippen LogP contribution in [-0.4, -0.2) is 44.0 Å². The Kier molecular flexibility index (Phi) is 9.89. The molecule has 0 aliphatic rings. The molecule has 1 aromatic heterocycles. The van der Waals surface area contributed by atoms with Gasteiger partial charge in [0, 0.05) is 26.3 Å². The summed E-state index contributed by atoms with van der Waals surface area (Å²) in [6.45, 7) is 1.81. The molecule has 0 bridgehead atoms. The van der Waals surface area contributed by atoms with Gasteiger partial charge in [-0.15, -0.1) is 24.0 Å². The summed E-state index contributed by atoms with van der Waals surface area (Å²) in [5.74, 6) is 1.61. The number of benzene rings is 2. The minimum atomic E-state index is -0.279. The van der Waals surface area contributed by atoms with E-state index in [1.807, 2.05) is 66.5 Å². The Morgan fingerprint density at radius 3 is 2.61 bits per heavy atom. The van der Waals surface area contributed by atoms with Crippen LogP contribution in [0.15, 0.2) is 82.4 Å². The quantitative estimate of drug-likeness (QED) is 0.257. The first-order valence-electron chi connectivity index (χ1n) is 9.69. The van der Waals surface area contributed by atoms with Crippen molar-refractivity contribution in [2.24, 2.45) is 4.99 Å². The molecule has 2 aromatic carbocycles. The zero-order valence-electron chi connectivity index (χ0n) is 17.6. The highest BCUT2D eigenvalue weighted by molar-refractivity contribution is 14.0. The Bertz CT molecular complexity index is 962. The number of furan rings is 1. The van der Waals surface area contributed by atoms with Gasteiger partial charge in [-0.2, -0.15) is 0 Å². The highest BCUT2D eigenvalue weighted by Crippen LogP contribution is 2.13. The molecule has 1 amide bonds. The molecule has 3 rings (SSSR count). The van der Waals surface area contributed by atoms with E-state index in [9.17, 15) is 4.79 Å². The minimum absolute atomic E-state index is 0. The smallest absolute Gasteiger partial charge is 0.291 e. The Balaban J connectivity index is 0.00000341. The maximum absolute atomic E-state index is 12.1. The van der Waals surface area contributed by atoms with Gasteiger partial charge in [0.25, 0.3) is 5.91 Å². The average Bonchev–Trinajstić information content (AvgIpc) is 3.30. The lowest BCUT2D eigenvalue weighted by molar-refractivity contribution is 0.0996. The number of anilines is 1. The van der Waals surface area contributed by atoms with Crippen LogP contribution >= 0.6 is 24.0 Å². The van der Waals surface area contributed by atoms with Gasteiger partial charge in [0.15, 0.2) is 11.7 Å². The van der Waals surface area contributed by atoms with Crippen molar-refractivity contribution in [2.75, 3.05) is 32.6 Å². The monoisotopic (exact) mass is 534 g/mol. The third-order valence-corrected chi connectivity index (χ3v) is 4.39. The molecule has 8 heteroatoms. The van der Waals surface area contributed by atoms with Crippen molar-refractivity contribution in [3.8, 4) is 5.75 Å². The second-order valence-corrected chi connectivity index (χ2v) is 6.62. The number of rotatable bonds is 8. The molecular formula is C23H27IN4O3. The van der Waals surface area contributed by atoms with E-state index in [2.05, 4.69) is 15.6 Å². The molecule has 31 heavy (non-hydrogen) atoms. The maximum Gasteiger partial charge on any atom is 0.291 e. The van der Waals surface area contributed by atoms with Gasteiger partial charge in [-0.3, -0.25) is 9.79 Å². The number of aliphatic imine (C=N–C) groups is 1. The van der Waals surface area contributed by atoms with E-state index in [1.54, 1.807) is 19.2 Å². The number of halogens is 1. The van der Waals surface area contributed by atoms with Crippen LogP contribution in [0.5, 0.6) is 5.75 Å². The number of nitrogens with one attached hydrogen (secondary N) is 2. The molecule has 0 radical (unpaired) electrons. The molecule has 7 nitrogen and oxygen atoms in total. The topological polar surface area (TPSA) is 79.1 Å². The van der Waals surface area contributed by atoms with E-state index in [-0.39, 0.29) is 35.6 Å². The Hall–Kier alpha value is -3.01. The molecule has 0 aliphatic carbocycles. The molecule has 3 aromatic rings. The Morgan fingerprint density at radius 2 is 1.90 bits per heavy atom. The Labute approximate surface area is 199 Å². The number of likely N-dealkylation sites (N-methyl/N-ethyl adjacent to an activating group) is 1. The summed E-state index contributed by atoms with van der Waals surface area (Å²) >= 11 is 0. The molecule has 164 valence electrons. The van der Waals surface area contributed by atoms with Crippen LogP contribution in [0.2, 0.25) is 0 Å². The molecule has 0 unspecified atom stereocenters. The van der Waals surface area contributed by atoms with Crippen molar-refractivity contribution in [3.05, 3.63) is 84.3 Å². The van der Waals surface area contributed by atoms with E-state index in [0.717, 1.165) is 17.3 Å². The molecule has 1 heterocycles. The summed E-state index contributed by atoms with van der Waals surface area (Å²) in [5.41, 5.74) is 1.72. The molecule has 0 aliphatic heterocycles. The fourth-order valence-corrected chi connectivity index (χ4v) is 2.85. The second-order valence-electron chi connectivity index (χ2n) is 6.62. The molecule has 0 saturated carbocycles. The molecular weight excluding hydrogens is 507 g/mol. The van der Waals surface area contributed by atoms with Crippen LogP contribution < -0.4 is 15.4 Å². The van der Waals surface area contributed by atoms with Crippen LogP contribution in [-0.2, 0) is 6.54 Å². The number of amides is 1. The number of nitrogens with zero attached hydrogens (tertiary/aromatic N) is 2. The third-order valence-electron chi connectivity index (χ3n) is 4.39. The summed E-state index contributed by atoms with van der Waals surface area (Å²) in [5, 5.41) is 6.17. The van der Waals surface area contributed by atoms with Gasteiger partial charge in [-0.1, -0.05) is 30.3 Å². The number of ether oxygens (including phenoxy) is 1. The van der Waals surface area contributed by atoms with E-state index >= 15 is 0 Å². The SMILES string of the molecule is CN=C(NCc1cccc(NC(=O)c2ccco2)c1)N(C)CCOc1ccccc1.I. The first-order chi connectivity index (χ1) is 14.7. The van der Waals surface area contributed by atoms with Gasteiger partial charge in [-0.25, -0.2) is 0 Å².